The lowest BCUT2D eigenvalue weighted by molar-refractivity contribution is 0.116. The van der Waals surface area contributed by atoms with E-state index in [0.29, 0.717) is 12.5 Å². The number of benzene rings is 1. The van der Waals surface area contributed by atoms with E-state index in [1.807, 2.05) is 19.1 Å². The molecule has 0 bridgehead atoms. The van der Waals surface area contributed by atoms with Gasteiger partial charge in [-0.2, -0.15) is 0 Å². The molecule has 1 atom stereocenters. The third kappa shape index (κ3) is 2.61. The zero-order valence-electron chi connectivity index (χ0n) is 10.6. The van der Waals surface area contributed by atoms with Crippen LogP contribution in [0.4, 0.5) is 0 Å². The number of aliphatic hydroxyl groups excluding tert-OH is 1. The lowest BCUT2D eigenvalue weighted by atomic mass is 9.97. The summed E-state index contributed by atoms with van der Waals surface area (Å²) in [5, 5.41) is 9.39. The molecular formula is C14H21NO2. The van der Waals surface area contributed by atoms with Crippen LogP contribution in [0.1, 0.15) is 24.0 Å². The Labute approximate surface area is 103 Å². The molecule has 0 amide bonds. The largest absolute Gasteiger partial charge is 0.491 e. The molecule has 3 N–H and O–H groups in total. The second-order valence-corrected chi connectivity index (χ2v) is 5.15. The van der Waals surface area contributed by atoms with Crippen molar-refractivity contribution in [2.24, 2.45) is 11.7 Å². The molecule has 0 aromatic heterocycles. The number of hydrogen-bond donors (Lipinski definition) is 2. The van der Waals surface area contributed by atoms with E-state index < -0.39 is 5.54 Å². The zero-order chi connectivity index (χ0) is 12.5. The molecule has 3 heteroatoms. The van der Waals surface area contributed by atoms with E-state index in [1.165, 1.54) is 5.56 Å². The molecule has 1 aliphatic carbocycles. The number of aliphatic hydroxyl groups is 1. The minimum atomic E-state index is -0.573. The van der Waals surface area contributed by atoms with Gasteiger partial charge < -0.3 is 15.6 Å². The van der Waals surface area contributed by atoms with Gasteiger partial charge in [0, 0.05) is 0 Å². The molecule has 0 heterocycles. The summed E-state index contributed by atoms with van der Waals surface area (Å²) in [6, 6.07) is 5.99. The van der Waals surface area contributed by atoms with Crippen LogP contribution in [0.15, 0.2) is 18.2 Å². The Morgan fingerprint density at radius 3 is 2.71 bits per heavy atom. The molecule has 1 aromatic rings. The van der Waals surface area contributed by atoms with Gasteiger partial charge in [0.2, 0.25) is 0 Å². The van der Waals surface area contributed by atoms with Gasteiger partial charge in [-0.3, -0.25) is 0 Å². The molecule has 0 aliphatic heterocycles. The highest BCUT2D eigenvalue weighted by atomic mass is 16.5. The Hall–Kier alpha value is -1.06. The van der Waals surface area contributed by atoms with Gasteiger partial charge in [-0.25, -0.2) is 0 Å². The van der Waals surface area contributed by atoms with E-state index in [4.69, 9.17) is 10.5 Å². The van der Waals surface area contributed by atoms with E-state index in [1.54, 1.807) is 0 Å². The van der Waals surface area contributed by atoms with E-state index in [9.17, 15) is 5.11 Å². The highest BCUT2D eigenvalue weighted by Gasteiger charge is 2.42. The Kier molecular flexibility index (Phi) is 3.40. The number of ether oxygens (including phenoxy) is 1. The van der Waals surface area contributed by atoms with Gasteiger partial charge in [0.25, 0.3) is 0 Å². The number of hydrogen-bond acceptors (Lipinski definition) is 3. The molecule has 1 unspecified atom stereocenters. The number of nitrogens with two attached hydrogens (primary N) is 1. The molecule has 94 valence electrons. The molecule has 1 saturated carbocycles. The van der Waals surface area contributed by atoms with Crippen LogP contribution in [-0.4, -0.2) is 23.9 Å². The average molecular weight is 235 g/mol. The maximum Gasteiger partial charge on any atom is 0.122 e. The van der Waals surface area contributed by atoms with Gasteiger partial charge in [0.1, 0.15) is 12.4 Å². The summed E-state index contributed by atoms with van der Waals surface area (Å²) in [5.74, 6) is 1.28. The third-order valence-electron chi connectivity index (χ3n) is 3.74. The first-order valence-electron chi connectivity index (χ1n) is 6.15. The van der Waals surface area contributed by atoms with Gasteiger partial charge >= 0.3 is 0 Å². The van der Waals surface area contributed by atoms with Crippen LogP contribution < -0.4 is 10.5 Å². The number of rotatable bonds is 5. The predicted molar refractivity (Wildman–Crippen MR) is 68.1 cm³/mol. The summed E-state index contributed by atoms with van der Waals surface area (Å²) in [7, 11) is 0. The van der Waals surface area contributed by atoms with Gasteiger partial charge in [0.15, 0.2) is 0 Å². The topological polar surface area (TPSA) is 55.5 Å². The van der Waals surface area contributed by atoms with Crippen LogP contribution in [0.25, 0.3) is 0 Å². The molecule has 17 heavy (non-hydrogen) atoms. The fourth-order valence-corrected chi connectivity index (χ4v) is 2.04. The first kappa shape index (κ1) is 12.4. The van der Waals surface area contributed by atoms with Crippen molar-refractivity contribution in [2.75, 3.05) is 13.2 Å². The van der Waals surface area contributed by atoms with Gasteiger partial charge in [0.05, 0.1) is 12.1 Å². The summed E-state index contributed by atoms with van der Waals surface area (Å²) >= 11 is 0. The third-order valence-corrected chi connectivity index (χ3v) is 3.74. The average Bonchev–Trinajstić information content (AvgIpc) is 3.15. The summed E-state index contributed by atoms with van der Waals surface area (Å²) in [6.07, 6.45) is 2.21. The Balaban J connectivity index is 2.04. The van der Waals surface area contributed by atoms with Crippen LogP contribution in [0.5, 0.6) is 5.75 Å². The Morgan fingerprint density at radius 1 is 1.41 bits per heavy atom. The Morgan fingerprint density at radius 2 is 2.12 bits per heavy atom. The first-order chi connectivity index (χ1) is 8.07. The van der Waals surface area contributed by atoms with Crippen LogP contribution >= 0.6 is 0 Å². The van der Waals surface area contributed by atoms with Crippen molar-refractivity contribution in [3.8, 4) is 5.75 Å². The second-order valence-electron chi connectivity index (χ2n) is 5.15. The van der Waals surface area contributed by atoms with Crippen LogP contribution in [0, 0.1) is 19.8 Å². The van der Waals surface area contributed by atoms with Crippen LogP contribution in [0.3, 0.4) is 0 Å². The summed E-state index contributed by atoms with van der Waals surface area (Å²) < 4.78 is 5.79. The van der Waals surface area contributed by atoms with Gasteiger partial charge in [-0.1, -0.05) is 12.1 Å². The van der Waals surface area contributed by atoms with Crippen molar-refractivity contribution in [1.29, 1.82) is 0 Å². The van der Waals surface area contributed by atoms with E-state index in [2.05, 4.69) is 13.0 Å². The number of aryl methyl sites for hydroxylation is 1. The minimum Gasteiger partial charge on any atom is -0.491 e. The van der Waals surface area contributed by atoms with Gasteiger partial charge in [-0.15, -0.1) is 0 Å². The summed E-state index contributed by atoms with van der Waals surface area (Å²) in [4.78, 5) is 0. The first-order valence-corrected chi connectivity index (χ1v) is 6.15. The van der Waals surface area contributed by atoms with Gasteiger partial charge in [-0.05, 0) is 49.8 Å². The molecule has 3 nitrogen and oxygen atoms in total. The quantitative estimate of drug-likeness (QED) is 0.818. The zero-order valence-corrected chi connectivity index (χ0v) is 10.6. The molecular weight excluding hydrogens is 214 g/mol. The summed E-state index contributed by atoms with van der Waals surface area (Å²) in [6.45, 7) is 4.48. The lowest BCUT2D eigenvalue weighted by Gasteiger charge is -2.27. The van der Waals surface area contributed by atoms with Crippen molar-refractivity contribution in [3.63, 3.8) is 0 Å². The van der Waals surface area contributed by atoms with E-state index in [-0.39, 0.29) is 6.61 Å². The molecule has 0 saturated heterocycles. The molecule has 1 aliphatic rings. The highest BCUT2D eigenvalue weighted by Crippen LogP contribution is 2.38. The standard InChI is InChI=1S/C14H21NO2/c1-10-4-3-5-13(11(10)2)17-9-14(15,8-16)12-6-7-12/h3-5,12,16H,6-9,15H2,1-2H3. The van der Waals surface area contributed by atoms with Crippen LogP contribution in [0.2, 0.25) is 0 Å². The maximum absolute atomic E-state index is 9.39. The van der Waals surface area contributed by atoms with Crippen molar-refractivity contribution >= 4 is 0 Å². The molecule has 0 radical (unpaired) electrons. The maximum atomic E-state index is 9.39. The smallest absolute Gasteiger partial charge is 0.122 e. The van der Waals surface area contributed by atoms with E-state index in [0.717, 1.165) is 24.2 Å². The lowest BCUT2D eigenvalue weighted by Crippen LogP contribution is -2.51. The highest BCUT2D eigenvalue weighted by molar-refractivity contribution is 5.38. The summed E-state index contributed by atoms with van der Waals surface area (Å²) in [5.41, 5.74) is 7.94. The Bertz CT molecular complexity index is 401. The van der Waals surface area contributed by atoms with Crippen molar-refractivity contribution in [1.82, 2.24) is 0 Å². The molecule has 1 fully saturated rings. The molecule has 1 aromatic carbocycles. The molecule has 2 rings (SSSR count). The van der Waals surface area contributed by atoms with Crippen LogP contribution in [-0.2, 0) is 0 Å². The fourth-order valence-electron chi connectivity index (χ4n) is 2.04. The molecule has 0 spiro atoms. The minimum absolute atomic E-state index is 0.0114. The monoisotopic (exact) mass is 235 g/mol. The van der Waals surface area contributed by atoms with Crippen molar-refractivity contribution < 1.29 is 9.84 Å². The SMILES string of the molecule is Cc1cccc(OCC(N)(CO)C2CC2)c1C. The predicted octanol–water partition coefficient (Wildman–Crippen LogP) is 1.78. The van der Waals surface area contributed by atoms with Crippen molar-refractivity contribution in [3.05, 3.63) is 29.3 Å². The normalized spacial score (nSPS) is 18.8. The second kappa shape index (κ2) is 4.67. The van der Waals surface area contributed by atoms with Crippen molar-refractivity contribution in [2.45, 2.75) is 32.2 Å². The van der Waals surface area contributed by atoms with E-state index >= 15 is 0 Å². The fraction of sp³-hybridized carbons (Fsp3) is 0.571.